The molecule has 6 rings (SSSR count). The largest absolute Gasteiger partial charge is 0.494 e. The van der Waals surface area contributed by atoms with Crippen molar-refractivity contribution in [2.24, 2.45) is 17.8 Å². The van der Waals surface area contributed by atoms with Crippen molar-refractivity contribution in [1.29, 1.82) is 0 Å². The van der Waals surface area contributed by atoms with E-state index in [0.29, 0.717) is 100 Å². The van der Waals surface area contributed by atoms with Crippen molar-refractivity contribution in [3.63, 3.8) is 0 Å². The second-order valence-electron chi connectivity index (χ2n) is 18.2. The van der Waals surface area contributed by atoms with Crippen LogP contribution in [0.25, 0.3) is 10.8 Å². The summed E-state index contributed by atoms with van der Waals surface area (Å²) in [5, 5.41) is 11.7. The van der Waals surface area contributed by atoms with Crippen molar-refractivity contribution in [3.8, 4) is 28.7 Å². The van der Waals surface area contributed by atoms with Crippen LogP contribution in [0.2, 0.25) is 0 Å². The summed E-state index contributed by atoms with van der Waals surface area (Å²) in [6.45, 7) is 8.95. The molecule has 4 aromatic carbocycles. The Hall–Kier alpha value is -6.42. The van der Waals surface area contributed by atoms with Crippen molar-refractivity contribution in [2.75, 3.05) is 39.6 Å². The number of ether oxygens (including phenoxy) is 7. The molecule has 0 heterocycles. The molecule has 72 heavy (non-hydrogen) atoms. The SMILES string of the molecule is C=CC(=O)OCCCCCCOc1ccc(OOCC2CCC(C(=O)OCC(OO)c3ccc(OC4CCC(C(=O)Oc5ccc(OCCCCCCOC(=O)C=C)cc5)CC4)c4ccccc34)CC2)cc1. The van der Waals surface area contributed by atoms with Crippen LogP contribution in [0.15, 0.2) is 110 Å². The Balaban J connectivity index is 0.851. The van der Waals surface area contributed by atoms with Gasteiger partial charge in [0.25, 0.3) is 0 Å². The molecule has 0 bridgehead atoms. The van der Waals surface area contributed by atoms with Crippen molar-refractivity contribution in [2.45, 2.75) is 115 Å². The number of fused-ring (bicyclic) bond motifs is 1. The zero-order valence-electron chi connectivity index (χ0n) is 41.3. The van der Waals surface area contributed by atoms with E-state index < -0.39 is 18.0 Å². The standard InChI is InChI=1S/C57H70O15/c1-3-54(58)65-37-13-7-5-11-35-63-44-25-29-47(30-26-44)70-57(61)43-21-23-46(24-22-43)69-52-34-33-51(49-15-9-10-16-50(49)52)53(71-62)40-67-56(60)42-19-17-41(18-20-42)39-68-72-48-31-27-45(28-32-48)64-36-12-6-8-14-38-66-55(59)4-2/h3-4,9-10,15-16,25-34,41-43,46,53,62H,1-2,5-8,11-14,17-24,35-40H2. The summed E-state index contributed by atoms with van der Waals surface area (Å²) in [6, 6.07) is 25.7. The van der Waals surface area contributed by atoms with Crippen LogP contribution in [-0.2, 0) is 43.2 Å². The molecule has 15 nitrogen and oxygen atoms in total. The maximum absolute atomic E-state index is 13.2. The van der Waals surface area contributed by atoms with Crippen LogP contribution in [0.1, 0.15) is 114 Å². The van der Waals surface area contributed by atoms with Crippen molar-refractivity contribution in [3.05, 3.63) is 116 Å². The van der Waals surface area contributed by atoms with E-state index in [0.717, 1.165) is 86.8 Å². The van der Waals surface area contributed by atoms with Gasteiger partial charge in [-0.15, -0.1) is 0 Å². The lowest BCUT2D eigenvalue weighted by molar-refractivity contribution is -0.289. The summed E-state index contributed by atoms with van der Waals surface area (Å²) >= 11 is 0. The third-order valence-electron chi connectivity index (χ3n) is 13.0. The predicted molar refractivity (Wildman–Crippen MR) is 269 cm³/mol. The monoisotopic (exact) mass is 994 g/mol. The molecular weight excluding hydrogens is 925 g/mol. The average Bonchev–Trinajstić information content (AvgIpc) is 3.41. The average molecular weight is 995 g/mol. The molecule has 0 radical (unpaired) electrons. The summed E-state index contributed by atoms with van der Waals surface area (Å²) in [6.07, 6.45) is 14.0. The van der Waals surface area contributed by atoms with Crippen LogP contribution in [0.5, 0.6) is 28.7 Å². The Labute approximate surface area is 422 Å². The Kier molecular flexibility index (Phi) is 23.2. The topological polar surface area (TPSA) is 181 Å². The molecule has 2 saturated carbocycles. The molecule has 388 valence electrons. The van der Waals surface area contributed by atoms with Crippen molar-refractivity contribution >= 4 is 34.6 Å². The Morgan fingerprint density at radius 2 is 1.07 bits per heavy atom. The molecule has 2 fully saturated rings. The molecule has 0 saturated heterocycles. The molecule has 1 atom stereocenters. The van der Waals surface area contributed by atoms with Gasteiger partial charge < -0.3 is 38.0 Å². The quantitative estimate of drug-likeness (QED) is 0.00956. The molecule has 0 aliphatic heterocycles. The maximum atomic E-state index is 13.2. The number of carbonyl (C=O) groups excluding carboxylic acids is 4. The second-order valence-corrected chi connectivity index (χ2v) is 18.2. The van der Waals surface area contributed by atoms with Gasteiger partial charge in [0.1, 0.15) is 29.6 Å². The molecule has 0 spiro atoms. The summed E-state index contributed by atoms with van der Waals surface area (Å²) in [7, 11) is 0. The highest BCUT2D eigenvalue weighted by Gasteiger charge is 2.31. The highest BCUT2D eigenvalue weighted by molar-refractivity contribution is 5.91. The number of rotatable bonds is 31. The molecule has 2 aliphatic rings. The lowest BCUT2D eigenvalue weighted by atomic mass is 9.82. The lowest BCUT2D eigenvalue weighted by Crippen LogP contribution is -2.30. The van der Waals surface area contributed by atoms with E-state index in [9.17, 15) is 24.4 Å². The van der Waals surface area contributed by atoms with Gasteiger partial charge in [-0.3, -0.25) is 14.8 Å². The minimum Gasteiger partial charge on any atom is -0.494 e. The second kappa shape index (κ2) is 30.5. The first-order valence-corrected chi connectivity index (χ1v) is 25.4. The van der Waals surface area contributed by atoms with E-state index in [2.05, 4.69) is 13.2 Å². The molecular formula is C57H70O15. The normalized spacial score (nSPS) is 18.0. The van der Waals surface area contributed by atoms with Crippen LogP contribution in [-0.4, -0.2) is 74.9 Å². The third kappa shape index (κ3) is 18.3. The number of unbranched alkanes of at least 4 members (excludes halogenated alkanes) is 6. The van der Waals surface area contributed by atoms with E-state index in [1.807, 2.05) is 48.5 Å². The Bertz CT molecular complexity index is 2300. The molecule has 0 aromatic heterocycles. The van der Waals surface area contributed by atoms with Gasteiger partial charge in [-0.1, -0.05) is 43.5 Å². The van der Waals surface area contributed by atoms with Gasteiger partial charge in [0.05, 0.1) is 51.0 Å². The predicted octanol–water partition coefficient (Wildman–Crippen LogP) is 11.6. The van der Waals surface area contributed by atoms with E-state index in [-0.39, 0.29) is 42.4 Å². The van der Waals surface area contributed by atoms with Crippen molar-refractivity contribution < 1.29 is 72.3 Å². The maximum Gasteiger partial charge on any atom is 0.330 e. The number of benzene rings is 4. The summed E-state index contributed by atoms with van der Waals surface area (Å²) in [5.74, 6) is 1.50. The Morgan fingerprint density at radius 3 is 1.64 bits per heavy atom. The third-order valence-corrected chi connectivity index (χ3v) is 13.0. The molecule has 2 aliphatic carbocycles. The number of esters is 4. The van der Waals surface area contributed by atoms with E-state index >= 15 is 0 Å². The van der Waals surface area contributed by atoms with Gasteiger partial charge in [0.2, 0.25) is 0 Å². The van der Waals surface area contributed by atoms with Gasteiger partial charge in [0.15, 0.2) is 11.9 Å². The fourth-order valence-corrected chi connectivity index (χ4v) is 8.84. The van der Waals surface area contributed by atoms with Gasteiger partial charge in [-0.25, -0.2) is 14.5 Å². The van der Waals surface area contributed by atoms with Crippen LogP contribution >= 0.6 is 0 Å². The van der Waals surface area contributed by atoms with Gasteiger partial charge in [0, 0.05) is 17.5 Å². The zero-order chi connectivity index (χ0) is 50.8. The lowest BCUT2D eigenvalue weighted by Gasteiger charge is -2.28. The molecule has 15 heteroatoms. The summed E-state index contributed by atoms with van der Waals surface area (Å²) in [5.41, 5.74) is 0.661. The number of hydrogen-bond acceptors (Lipinski definition) is 15. The molecule has 1 unspecified atom stereocenters. The minimum absolute atomic E-state index is 0.101. The smallest absolute Gasteiger partial charge is 0.330 e. The summed E-state index contributed by atoms with van der Waals surface area (Å²) in [4.78, 5) is 64.6. The fraction of sp³-hybridized carbons (Fsp3) is 0.474. The molecule has 1 N–H and O–H groups in total. The molecule has 4 aromatic rings. The van der Waals surface area contributed by atoms with Gasteiger partial charge >= 0.3 is 23.9 Å². The summed E-state index contributed by atoms with van der Waals surface area (Å²) < 4.78 is 39.6. The number of carbonyl (C=O) groups is 4. The van der Waals surface area contributed by atoms with Crippen molar-refractivity contribution in [1.82, 2.24) is 0 Å². The first kappa shape index (κ1) is 54.9. The molecule has 0 amide bonds. The minimum atomic E-state index is -0.914. The van der Waals surface area contributed by atoms with E-state index in [4.69, 9.17) is 47.8 Å². The Morgan fingerprint density at radius 1 is 0.556 bits per heavy atom. The number of hydrogen-bond donors (Lipinski definition) is 1. The highest BCUT2D eigenvalue weighted by Crippen LogP contribution is 2.37. The highest BCUT2D eigenvalue weighted by atomic mass is 17.2. The van der Waals surface area contributed by atoms with E-state index in [1.54, 1.807) is 36.4 Å². The van der Waals surface area contributed by atoms with Gasteiger partial charge in [-0.2, -0.15) is 4.89 Å². The van der Waals surface area contributed by atoms with Crippen LogP contribution in [0, 0.1) is 17.8 Å². The van der Waals surface area contributed by atoms with Crippen LogP contribution in [0.3, 0.4) is 0 Å². The van der Waals surface area contributed by atoms with E-state index in [1.165, 1.54) is 6.08 Å². The first-order valence-electron chi connectivity index (χ1n) is 25.4. The fourth-order valence-electron chi connectivity index (χ4n) is 8.84. The van der Waals surface area contributed by atoms with Crippen LogP contribution in [0.4, 0.5) is 0 Å². The van der Waals surface area contributed by atoms with Crippen LogP contribution < -0.4 is 23.8 Å². The first-order chi connectivity index (χ1) is 35.2. The zero-order valence-corrected chi connectivity index (χ0v) is 41.3. The van der Waals surface area contributed by atoms with Gasteiger partial charge in [-0.05, 0) is 174 Å².